The summed E-state index contributed by atoms with van der Waals surface area (Å²) >= 11 is 0. The van der Waals surface area contributed by atoms with Crippen LogP contribution in [0.3, 0.4) is 0 Å². The number of anilines is 1. The van der Waals surface area contributed by atoms with Gasteiger partial charge in [-0.15, -0.1) is 0 Å². The van der Waals surface area contributed by atoms with E-state index in [9.17, 15) is 49.1 Å². The molecule has 15 heteroatoms. The minimum absolute atomic E-state index is 0.0433. The van der Waals surface area contributed by atoms with E-state index in [1.54, 1.807) is 23.1 Å². The normalized spacial score (nSPS) is 29.1. The van der Waals surface area contributed by atoms with Crippen molar-refractivity contribution in [2.45, 2.75) is 74.8 Å². The highest BCUT2D eigenvalue weighted by atomic mass is 19.4. The first-order valence-electron chi connectivity index (χ1n) is 16.0. The number of carbonyl (C=O) groups excluding carboxylic acids is 2. The highest BCUT2D eigenvalue weighted by Gasteiger charge is 2.56. The molecule has 6 rings (SSSR count). The Labute approximate surface area is 276 Å². The number of halogens is 9. The molecule has 2 bridgehead atoms. The molecule has 3 aliphatic carbocycles. The fraction of sp³-hybridized carbons (Fsp3) is 0.529. The van der Waals surface area contributed by atoms with E-state index in [1.807, 2.05) is 0 Å². The zero-order chi connectivity index (χ0) is 35.5. The summed E-state index contributed by atoms with van der Waals surface area (Å²) in [4.78, 5) is 29.2. The van der Waals surface area contributed by atoms with E-state index in [2.05, 4.69) is 10.6 Å². The first-order chi connectivity index (χ1) is 22.9. The molecular weight excluding hydrogens is 669 g/mol. The number of ether oxygens (including phenoxy) is 1. The molecule has 6 atom stereocenters. The van der Waals surface area contributed by atoms with Gasteiger partial charge in [-0.3, -0.25) is 14.5 Å². The lowest BCUT2D eigenvalue weighted by molar-refractivity contribution is -0.150. The van der Waals surface area contributed by atoms with Gasteiger partial charge in [0.25, 0.3) is 11.8 Å². The molecule has 2 amide bonds. The van der Waals surface area contributed by atoms with Gasteiger partial charge in [-0.05, 0) is 79.8 Å². The van der Waals surface area contributed by atoms with Crippen molar-refractivity contribution in [3.63, 3.8) is 0 Å². The molecule has 0 radical (unpaired) electrons. The Kier molecular flexibility index (Phi) is 9.20. The molecule has 1 heterocycles. The standard InChI is InChI=1S/C34H34F9N3O3/c1-49-27-10-5-18(17-3-2-4-20(11-17)46-15-32(36,37)16-46)12-23(27)30(47)45-29-22-8-7-21(24(22)14-33(38,39)40)28(29)31(48)44-19-6-9-26(35)25(13-19)34(41,42)43/h5-6,9-10,12-14,17,20-22,28-29H,2-4,7-8,11,15-16H2,1H3,(H,44,48)(H,45,47)/b24-14-/t17?,20?,21-,22+,28-,29+/m0/s1. The molecule has 4 fully saturated rings. The van der Waals surface area contributed by atoms with Gasteiger partial charge in [0.2, 0.25) is 5.91 Å². The topological polar surface area (TPSA) is 70.7 Å². The molecule has 0 spiro atoms. The SMILES string of the molecule is COc1ccc(C2CCCC(N3CC(F)(F)C3)C2)cc1C(=O)N[C@H]1[C@@H](C(=O)Nc2ccc(F)c(C(F)(F)F)c2)[C@H]2CC[C@@H]1/C2=C\C(F)(F)F. The maximum absolute atomic E-state index is 13.9. The average Bonchev–Trinajstić information content (AvgIpc) is 3.52. The van der Waals surface area contributed by atoms with E-state index in [1.165, 1.54) is 7.11 Å². The van der Waals surface area contributed by atoms with Gasteiger partial charge in [-0.25, -0.2) is 13.2 Å². The number of methoxy groups -OCH3 is 1. The first kappa shape index (κ1) is 35.1. The summed E-state index contributed by atoms with van der Waals surface area (Å²) in [5.41, 5.74) is -1.29. The number of nitrogens with zero attached hydrogens (tertiary/aromatic N) is 1. The number of carbonyl (C=O) groups is 2. The number of hydrogen-bond donors (Lipinski definition) is 2. The van der Waals surface area contributed by atoms with Gasteiger partial charge in [-0.2, -0.15) is 26.3 Å². The molecule has 3 saturated carbocycles. The molecule has 0 aromatic heterocycles. The van der Waals surface area contributed by atoms with Crippen molar-refractivity contribution in [3.05, 3.63) is 70.6 Å². The number of allylic oxidation sites excluding steroid dienone is 1. The zero-order valence-corrected chi connectivity index (χ0v) is 26.2. The van der Waals surface area contributed by atoms with Crippen LogP contribution in [0.1, 0.15) is 65.9 Å². The summed E-state index contributed by atoms with van der Waals surface area (Å²) in [7, 11) is 1.34. The third-order valence-electron chi connectivity index (χ3n) is 10.3. The van der Waals surface area contributed by atoms with Crippen LogP contribution < -0.4 is 15.4 Å². The lowest BCUT2D eigenvalue weighted by Gasteiger charge is -2.46. The summed E-state index contributed by atoms with van der Waals surface area (Å²) in [5, 5.41) is 5.04. The van der Waals surface area contributed by atoms with Crippen LogP contribution in [0.15, 0.2) is 48.0 Å². The van der Waals surface area contributed by atoms with Crippen molar-refractivity contribution in [3.8, 4) is 5.75 Å². The van der Waals surface area contributed by atoms with Crippen LogP contribution in [-0.2, 0) is 11.0 Å². The minimum Gasteiger partial charge on any atom is -0.496 e. The maximum atomic E-state index is 13.9. The number of hydrogen-bond acceptors (Lipinski definition) is 4. The van der Waals surface area contributed by atoms with Crippen molar-refractivity contribution < 1.29 is 53.8 Å². The fourth-order valence-electron chi connectivity index (χ4n) is 8.22. The molecule has 2 unspecified atom stereocenters. The quantitative estimate of drug-likeness (QED) is 0.229. The minimum atomic E-state index is -5.06. The van der Waals surface area contributed by atoms with E-state index in [4.69, 9.17) is 4.74 Å². The van der Waals surface area contributed by atoms with E-state index in [0.29, 0.717) is 18.6 Å². The number of alkyl halides is 8. The predicted molar refractivity (Wildman–Crippen MR) is 160 cm³/mol. The average molecular weight is 704 g/mol. The highest BCUT2D eigenvalue weighted by Crippen LogP contribution is 2.54. The smallest absolute Gasteiger partial charge is 0.419 e. The van der Waals surface area contributed by atoms with Crippen LogP contribution >= 0.6 is 0 Å². The Bertz CT molecular complexity index is 1630. The zero-order valence-electron chi connectivity index (χ0n) is 26.2. The van der Waals surface area contributed by atoms with Gasteiger partial charge in [-0.1, -0.05) is 18.1 Å². The van der Waals surface area contributed by atoms with Crippen LogP contribution in [0.25, 0.3) is 0 Å². The predicted octanol–water partition coefficient (Wildman–Crippen LogP) is 7.71. The van der Waals surface area contributed by atoms with Crippen LogP contribution in [0.2, 0.25) is 0 Å². The van der Waals surface area contributed by atoms with Crippen molar-refractivity contribution >= 4 is 17.5 Å². The van der Waals surface area contributed by atoms with Crippen LogP contribution in [0.5, 0.6) is 5.75 Å². The van der Waals surface area contributed by atoms with Crippen molar-refractivity contribution in [1.29, 1.82) is 0 Å². The van der Waals surface area contributed by atoms with Crippen LogP contribution in [0.4, 0.5) is 45.2 Å². The van der Waals surface area contributed by atoms with Gasteiger partial charge in [0, 0.05) is 29.8 Å². The van der Waals surface area contributed by atoms with E-state index in [0.717, 1.165) is 30.9 Å². The lowest BCUT2D eigenvalue weighted by Crippen LogP contribution is -2.60. The molecule has 6 nitrogen and oxygen atoms in total. The number of rotatable bonds is 7. The van der Waals surface area contributed by atoms with Gasteiger partial charge >= 0.3 is 12.4 Å². The highest BCUT2D eigenvalue weighted by molar-refractivity contribution is 5.99. The fourth-order valence-corrected chi connectivity index (χ4v) is 8.22. The van der Waals surface area contributed by atoms with Crippen molar-refractivity contribution in [2.24, 2.45) is 17.8 Å². The van der Waals surface area contributed by atoms with E-state index in [-0.39, 0.29) is 60.9 Å². The van der Waals surface area contributed by atoms with E-state index >= 15 is 0 Å². The Morgan fingerprint density at radius 2 is 1.67 bits per heavy atom. The number of nitrogens with one attached hydrogen (secondary N) is 2. The first-order valence-corrected chi connectivity index (χ1v) is 16.0. The van der Waals surface area contributed by atoms with Crippen LogP contribution in [-0.4, -0.2) is 61.1 Å². The second-order valence-corrected chi connectivity index (χ2v) is 13.4. The Balaban J connectivity index is 1.26. The maximum Gasteiger partial charge on any atom is 0.419 e. The summed E-state index contributed by atoms with van der Waals surface area (Å²) in [6.45, 7) is -0.594. The van der Waals surface area contributed by atoms with Crippen LogP contribution in [0, 0.1) is 23.6 Å². The van der Waals surface area contributed by atoms with Gasteiger partial charge in [0.15, 0.2) is 0 Å². The van der Waals surface area contributed by atoms with E-state index < -0.39 is 71.0 Å². The van der Waals surface area contributed by atoms with Gasteiger partial charge < -0.3 is 15.4 Å². The Morgan fingerprint density at radius 3 is 2.33 bits per heavy atom. The van der Waals surface area contributed by atoms with Gasteiger partial charge in [0.05, 0.1) is 37.2 Å². The number of fused-ring (bicyclic) bond motifs is 2. The Hall–Kier alpha value is -3.75. The molecule has 1 aliphatic heterocycles. The molecule has 2 N–H and O–H groups in total. The summed E-state index contributed by atoms with van der Waals surface area (Å²) in [6, 6.07) is 5.62. The monoisotopic (exact) mass is 703 g/mol. The lowest BCUT2D eigenvalue weighted by atomic mass is 9.79. The summed E-state index contributed by atoms with van der Waals surface area (Å²) < 4.78 is 127. The second-order valence-electron chi connectivity index (χ2n) is 13.4. The molecular formula is C34H34F9N3O3. The molecule has 2 aromatic rings. The largest absolute Gasteiger partial charge is 0.496 e. The summed E-state index contributed by atoms with van der Waals surface area (Å²) in [6.07, 6.45) is -6.34. The number of likely N-dealkylation sites (tertiary alicyclic amines) is 1. The van der Waals surface area contributed by atoms with Crippen molar-refractivity contribution in [1.82, 2.24) is 10.2 Å². The third kappa shape index (κ3) is 7.27. The molecule has 49 heavy (non-hydrogen) atoms. The third-order valence-corrected chi connectivity index (χ3v) is 10.3. The molecule has 1 saturated heterocycles. The second kappa shape index (κ2) is 12.9. The number of amides is 2. The molecule has 266 valence electrons. The molecule has 2 aromatic carbocycles. The molecule has 4 aliphatic rings. The number of benzene rings is 2. The summed E-state index contributed by atoms with van der Waals surface area (Å²) in [5.74, 6) is -8.91. The van der Waals surface area contributed by atoms with Gasteiger partial charge in [0.1, 0.15) is 11.6 Å². The van der Waals surface area contributed by atoms with Crippen molar-refractivity contribution in [2.75, 3.05) is 25.5 Å². The Morgan fingerprint density at radius 1 is 0.959 bits per heavy atom.